The summed E-state index contributed by atoms with van der Waals surface area (Å²) in [4.78, 5) is 11.8. The average Bonchev–Trinajstić information content (AvgIpc) is 2.33. The predicted octanol–water partition coefficient (Wildman–Crippen LogP) is 5.39. The first-order valence-electron chi connectivity index (χ1n) is 8.51. The molecule has 132 valence electrons. The Kier molecular flexibility index (Phi) is 4.37. The fraction of sp³-hybridized carbons (Fsp3) is 0.571. The highest BCUT2D eigenvalue weighted by molar-refractivity contribution is 5.76. The number of carbonyl (C=O) groups excluding carboxylic acids is 1. The maximum Gasteiger partial charge on any atom is 0.308 e. The highest BCUT2D eigenvalue weighted by Crippen LogP contribution is 2.48. The third-order valence-electron chi connectivity index (χ3n) is 4.11. The fourth-order valence-electron chi connectivity index (χ4n) is 3.06. The topological polar surface area (TPSA) is 35.5 Å². The molecule has 0 saturated carbocycles. The van der Waals surface area contributed by atoms with Crippen LogP contribution in [-0.2, 0) is 15.6 Å². The lowest BCUT2D eigenvalue weighted by atomic mass is 9.76. The van der Waals surface area contributed by atoms with Gasteiger partial charge in [0.15, 0.2) is 0 Å². The SMILES string of the molecule is CC(=O)Oc1c(C(C)(C)C)cc2c(c1C(C)(C)C)C=CC(C)(C)O2. The predicted molar refractivity (Wildman–Crippen MR) is 98.9 cm³/mol. The van der Waals surface area contributed by atoms with Crippen LogP contribution < -0.4 is 9.47 Å². The summed E-state index contributed by atoms with van der Waals surface area (Å²) in [6.07, 6.45) is 4.15. The van der Waals surface area contributed by atoms with Crippen molar-refractivity contribution in [2.24, 2.45) is 0 Å². The van der Waals surface area contributed by atoms with E-state index < -0.39 is 0 Å². The zero-order valence-corrected chi connectivity index (χ0v) is 16.5. The molecule has 0 radical (unpaired) electrons. The van der Waals surface area contributed by atoms with Crippen LogP contribution in [0.5, 0.6) is 11.5 Å². The fourth-order valence-corrected chi connectivity index (χ4v) is 3.06. The van der Waals surface area contributed by atoms with Crippen molar-refractivity contribution in [2.75, 3.05) is 0 Å². The Balaban J connectivity index is 2.89. The Morgan fingerprint density at radius 3 is 2.12 bits per heavy atom. The van der Waals surface area contributed by atoms with Crippen LogP contribution in [0, 0.1) is 0 Å². The van der Waals surface area contributed by atoms with E-state index in [9.17, 15) is 4.79 Å². The molecule has 3 heteroatoms. The molecule has 0 fully saturated rings. The molecule has 0 aromatic heterocycles. The molecule has 3 nitrogen and oxygen atoms in total. The summed E-state index contributed by atoms with van der Waals surface area (Å²) in [5.74, 6) is 1.23. The number of fused-ring (bicyclic) bond motifs is 1. The minimum atomic E-state index is -0.347. The third-order valence-corrected chi connectivity index (χ3v) is 4.11. The molecule has 0 aliphatic carbocycles. The van der Waals surface area contributed by atoms with E-state index in [1.807, 2.05) is 19.9 Å². The normalized spacial score (nSPS) is 16.4. The average molecular weight is 330 g/mol. The molecule has 0 amide bonds. The van der Waals surface area contributed by atoms with Crippen molar-refractivity contribution in [3.8, 4) is 11.5 Å². The molecule has 24 heavy (non-hydrogen) atoms. The van der Waals surface area contributed by atoms with Gasteiger partial charge in [-0.3, -0.25) is 4.79 Å². The lowest BCUT2D eigenvalue weighted by Gasteiger charge is -2.36. The summed E-state index contributed by atoms with van der Waals surface area (Å²) < 4.78 is 11.9. The quantitative estimate of drug-likeness (QED) is 0.511. The van der Waals surface area contributed by atoms with Crippen LogP contribution in [0.4, 0.5) is 0 Å². The van der Waals surface area contributed by atoms with Crippen LogP contribution in [0.1, 0.15) is 79.0 Å². The van der Waals surface area contributed by atoms with Crippen molar-refractivity contribution < 1.29 is 14.3 Å². The van der Waals surface area contributed by atoms with Crippen LogP contribution >= 0.6 is 0 Å². The van der Waals surface area contributed by atoms with Gasteiger partial charge in [-0.2, -0.15) is 0 Å². The van der Waals surface area contributed by atoms with Gasteiger partial charge in [-0.05, 0) is 36.8 Å². The number of rotatable bonds is 1. The monoisotopic (exact) mass is 330 g/mol. The van der Waals surface area contributed by atoms with Gasteiger partial charge in [-0.15, -0.1) is 0 Å². The standard InChI is InChI=1S/C21H30O3/c1-13(22)23-18-15(19(2,3)4)12-16-14(17(18)20(5,6)7)10-11-21(8,9)24-16/h10-12H,1-9H3. The van der Waals surface area contributed by atoms with E-state index >= 15 is 0 Å². The molecule has 2 rings (SSSR count). The minimum Gasteiger partial charge on any atom is -0.483 e. The van der Waals surface area contributed by atoms with Crippen LogP contribution in [-0.4, -0.2) is 11.6 Å². The van der Waals surface area contributed by atoms with Crippen molar-refractivity contribution in [2.45, 2.75) is 78.7 Å². The van der Waals surface area contributed by atoms with Crippen molar-refractivity contribution in [3.05, 3.63) is 28.8 Å². The molecule has 1 aromatic carbocycles. The van der Waals surface area contributed by atoms with E-state index in [0.29, 0.717) is 5.75 Å². The molecule has 1 aliphatic heterocycles. The molecule has 1 heterocycles. The van der Waals surface area contributed by atoms with E-state index in [2.05, 4.69) is 53.7 Å². The van der Waals surface area contributed by atoms with Crippen molar-refractivity contribution in [1.29, 1.82) is 0 Å². The summed E-state index contributed by atoms with van der Waals surface area (Å²) in [5.41, 5.74) is 2.31. The zero-order valence-electron chi connectivity index (χ0n) is 16.5. The lowest BCUT2D eigenvalue weighted by molar-refractivity contribution is -0.132. The third kappa shape index (κ3) is 3.66. The number of hydrogen-bond acceptors (Lipinski definition) is 3. The first kappa shape index (κ1) is 18.6. The maximum atomic E-state index is 11.8. The van der Waals surface area contributed by atoms with E-state index in [4.69, 9.17) is 9.47 Å². The smallest absolute Gasteiger partial charge is 0.308 e. The van der Waals surface area contributed by atoms with Crippen molar-refractivity contribution in [3.63, 3.8) is 0 Å². The Bertz CT molecular complexity index is 695. The number of benzene rings is 1. The van der Waals surface area contributed by atoms with E-state index in [1.165, 1.54) is 6.92 Å². The molecule has 0 bridgehead atoms. The number of esters is 1. The molecule has 0 atom stereocenters. The second-order valence-electron chi connectivity index (χ2n) is 9.17. The van der Waals surface area contributed by atoms with Gasteiger partial charge < -0.3 is 9.47 Å². The second kappa shape index (κ2) is 5.65. The summed E-state index contributed by atoms with van der Waals surface area (Å²) in [6, 6.07) is 2.04. The minimum absolute atomic E-state index is 0.172. The molecular formula is C21H30O3. The molecule has 1 aromatic rings. The van der Waals surface area contributed by atoms with Crippen molar-refractivity contribution >= 4 is 12.0 Å². The number of carbonyl (C=O) groups is 1. The maximum absolute atomic E-state index is 11.8. The van der Waals surface area contributed by atoms with E-state index in [-0.39, 0.29) is 22.4 Å². The number of hydrogen-bond donors (Lipinski definition) is 0. The summed E-state index contributed by atoms with van der Waals surface area (Å²) >= 11 is 0. The molecule has 0 saturated heterocycles. The van der Waals surface area contributed by atoms with E-state index in [1.54, 1.807) is 0 Å². The zero-order chi connectivity index (χ0) is 18.5. The highest BCUT2D eigenvalue weighted by Gasteiger charge is 2.35. The van der Waals surface area contributed by atoms with Crippen molar-refractivity contribution in [1.82, 2.24) is 0 Å². The Morgan fingerprint density at radius 2 is 1.67 bits per heavy atom. The van der Waals surface area contributed by atoms with Gasteiger partial charge in [-0.1, -0.05) is 47.6 Å². The molecular weight excluding hydrogens is 300 g/mol. The molecule has 0 N–H and O–H groups in total. The van der Waals surface area contributed by atoms with Gasteiger partial charge in [0, 0.05) is 23.6 Å². The van der Waals surface area contributed by atoms with Gasteiger partial charge in [0.25, 0.3) is 0 Å². The molecule has 0 unspecified atom stereocenters. The summed E-state index contributed by atoms with van der Waals surface area (Å²) in [5, 5.41) is 0. The largest absolute Gasteiger partial charge is 0.483 e. The summed E-state index contributed by atoms with van der Waals surface area (Å²) in [6.45, 7) is 18.3. The van der Waals surface area contributed by atoms with Gasteiger partial charge in [-0.25, -0.2) is 0 Å². The van der Waals surface area contributed by atoms with Gasteiger partial charge in [0.2, 0.25) is 0 Å². The lowest BCUT2D eigenvalue weighted by Crippen LogP contribution is -2.30. The number of ether oxygens (including phenoxy) is 2. The van der Waals surface area contributed by atoms with E-state index in [0.717, 1.165) is 22.4 Å². The Labute approximate surface area is 146 Å². The first-order valence-corrected chi connectivity index (χ1v) is 8.51. The highest BCUT2D eigenvalue weighted by atomic mass is 16.5. The Morgan fingerprint density at radius 1 is 1.08 bits per heavy atom. The molecule has 0 spiro atoms. The van der Waals surface area contributed by atoms with Crippen LogP contribution in [0.15, 0.2) is 12.1 Å². The van der Waals surface area contributed by atoms with Crippen LogP contribution in [0.3, 0.4) is 0 Å². The van der Waals surface area contributed by atoms with Crippen LogP contribution in [0.25, 0.3) is 6.08 Å². The molecule has 1 aliphatic rings. The second-order valence-corrected chi connectivity index (χ2v) is 9.17. The van der Waals surface area contributed by atoms with Gasteiger partial charge >= 0.3 is 5.97 Å². The Hall–Kier alpha value is -1.77. The van der Waals surface area contributed by atoms with Crippen LogP contribution in [0.2, 0.25) is 0 Å². The first-order chi connectivity index (χ1) is 10.7. The van der Waals surface area contributed by atoms with Gasteiger partial charge in [0.05, 0.1) is 0 Å². The summed E-state index contributed by atoms with van der Waals surface area (Å²) in [7, 11) is 0. The van der Waals surface area contributed by atoms with Gasteiger partial charge in [0.1, 0.15) is 17.1 Å².